The molecule has 2 unspecified atom stereocenters. The molecule has 0 aliphatic carbocycles. The standard InChI is InChI=1S/C33H38ClN6O3/c1-8-22-11-9-10-12-23(22)28-25(34)17-24-29(38-16-15-37(18-20(38)3)32(42)43-33(5,6)7)36-31(41)40-27-19(2)13-14-35-26(27)21(4)39(28)30(24)40/h8-12,14,17,19-21H,1,13,15-16,18H2,2-7H3/q+1/t19?,20-,21?/m0/s1. The molecule has 1 amide bonds. The second kappa shape index (κ2) is 10.6. The molecular weight excluding hydrogens is 564 g/mol. The fourth-order valence-electron chi connectivity index (χ4n) is 6.54. The number of amides is 1. The molecule has 0 saturated carbocycles. The van der Waals surface area contributed by atoms with Gasteiger partial charge in [0.15, 0.2) is 11.5 Å². The van der Waals surface area contributed by atoms with Crippen molar-refractivity contribution in [2.75, 3.05) is 24.5 Å². The Balaban J connectivity index is 1.57. The van der Waals surface area contributed by atoms with E-state index in [0.717, 1.165) is 45.7 Å². The quantitative estimate of drug-likeness (QED) is 0.347. The number of piperazine rings is 1. The van der Waals surface area contributed by atoms with E-state index in [9.17, 15) is 9.59 Å². The number of carbonyl (C=O) groups is 1. The van der Waals surface area contributed by atoms with Crippen LogP contribution in [0.15, 0.2) is 52.4 Å². The maximum atomic E-state index is 14.1. The number of aromatic nitrogens is 3. The minimum atomic E-state index is -0.579. The summed E-state index contributed by atoms with van der Waals surface area (Å²) >= 11 is 7.20. The Morgan fingerprint density at radius 2 is 1.93 bits per heavy atom. The molecule has 43 heavy (non-hydrogen) atoms. The number of ether oxygens (including phenoxy) is 1. The van der Waals surface area contributed by atoms with Crippen LogP contribution in [0.25, 0.3) is 34.1 Å². The van der Waals surface area contributed by atoms with E-state index in [1.807, 2.05) is 70.3 Å². The highest BCUT2D eigenvalue weighted by Crippen LogP contribution is 2.41. The van der Waals surface area contributed by atoms with Gasteiger partial charge in [-0.1, -0.05) is 55.4 Å². The highest BCUT2D eigenvalue weighted by atomic mass is 35.5. The summed E-state index contributed by atoms with van der Waals surface area (Å²) in [5.74, 6) is 0.656. The molecule has 1 saturated heterocycles. The van der Waals surface area contributed by atoms with Crippen LogP contribution in [0.2, 0.25) is 5.02 Å². The van der Waals surface area contributed by atoms with Crippen molar-refractivity contribution in [1.82, 2.24) is 14.5 Å². The van der Waals surface area contributed by atoms with Crippen LogP contribution in [0.4, 0.5) is 10.6 Å². The van der Waals surface area contributed by atoms with Gasteiger partial charge >= 0.3 is 17.4 Å². The van der Waals surface area contributed by atoms with Crippen LogP contribution in [0, 0.1) is 5.92 Å². The third-order valence-corrected chi connectivity index (χ3v) is 8.77. The molecule has 1 fully saturated rings. The topological polar surface area (TPSA) is 83.9 Å². The number of allylic oxidation sites excluding steroid dienone is 2. The van der Waals surface area contributed by atoms with Gasteiger partial charge in [-0.3, -0.25) is 4.99 Å². The van der Waals surface area contributed by atoms with E-state index in [-0.39, 0.29) is 29.8 Å². The number of nitrogens with zero attached hydrogens (tertiary/aromatic N) is 6. The molecule has 3 aliphatic rings. The van der Waals surface area contributed by atoms with Crippen LogP contribution in [0.5, 0.6) is 0 Å². The lowest BCUT2D eigenvalue weighted by Gasteiger charge is -2.41. The van der Waals surface area contributed by atoms with Gasteiger partial charge in [0.25, 0.3) is 0 Å². The molecule has 3 atom stereocenters. The normalized spacial score (nSPS) is 21.7. The van der Waals surface area contributed by atoms with Crippen molar-refractivity contribution >= 4 is 52.5 Å². The van der Waals surface area contributed by atoms with Gasteiger partial charge in [0.05, 0.1) is 5.02 Å². The second-order valence-electron chi connectivity index (χ2n) is 12.7. The molecule has 1 aromatic carbocycles. The summed E-state index contributed by atoms with van der Waals surface area (Å²) in [5.41, 5.74) is 4.19. The molecule has 6 rings (SSSR count). The Kier molecular flexibility index (Phi) is 7.19. The fraction of sp³-hybridized carbons (Fsp3) is 0.424. The van der Waals surface area contributed by atoms with Crippen molar-refractivity contribution < 1.29 is 14.1 Å². The van der Waals surface area contributed by atoms with Crippen LogP contribution in [0.1, 0.15) is 59.6 Å². The van der Waals surface area contributed by atoms with Gasteiger partial charge in [-0.05, 0) is 52.7 Å². The van der Waals surface area contributed by atoms with Gasteiger partial charge in [-0.15, -0.1) is 4.57 Å². The van der Waals surface area contributed by atoms with Crippen LogP contribution in [-0.4, -0.2) is 58.0 Å². The Bertz CT molecular complexity index is 1790. The molecule has 5 heterocycles. The molecule has 10 heteroatoms. The molecule has 224 valence electrons. The van der Waals surface area contributed by atoms with E-state index < -0.39 is 5.60 Å². The Labute approximate surface area is 256 Å². The molecular formula is C33H38ClN6O3+. The molecule has 2 aromatic heterocycles. The number of rotatable bonds is 3. The monoisotopic (exact) mass is 601 g/mol. The van der Waals surface area contributed by atoms with Crippen molar-refractivity contribution in [3.05, 3.63) is 63.7 Å². The van der Waals surface area contributed by atoms with Crippen LogP contribution in [0.3, 0.4) is 0 Å². The summed E-state index contributed by atoms with van der Waals surface area (Å²) in [4.78, 5) is 40.3. The van der Waals surface area contributed by atoms with E-state index in [1.165, 1.54) is 0 Å². The first-order valence-corrected chi connectivity index (χ1v) is 15.2. The van der Waals surface area contributed by atoms with Gasteiger partial charge < -0.3 is 14.5 Å². The number of pyridine rings is 1. The van der Waals surface area contributed by atoms with Crippen LogP contribution < -0.4 is 15.2 Å². The second-order valence-corrected chi connectivity index (χ2v) is 13.1. The molecule has 0 spiro atoms. The number of hydrogen-bond donors (Lipinski definition) is 0. The average molecular weight is 602 g/mol. The van der Waals surface area contributed by atoms with Crippen LogP contribution in [-0.2, 0) is 4.74 Å². The van der Waals surface area contributed by atoms with Crippen molar-refractivity contribution in [2.45, 2.75) is 65.6 Å². The predicted molar refractivity (Wildman–Crippen MR) is 172 cm³/mol. The van der Waals surface area contributed by atoms with E-state index in [0.29, 0.717) is 30.5 Å². The number of benzene rings is 1. The van der Waals surface area contributed by atoms with Crippen molar-refractivity contribution in [2.24, 2.45) is 10.9 Å². The Hall–Kier alpha value is -3.98. The summed E-state index contributed by atoms with van der Waals surface area (Å²) in [7, 11) is 0. The first kappa shape index (κ1) is 29.1. The number of carbonyl (C=O) groups excluding carboxylic acids is 1. The maximum Gasteiger partial charge on any atom is 0.441 e. The van der Waals surface area contributed by atoms with E-state index in [1.54, 1.807) is 9.47 Å². The summed E-state index contributed by atoms with van der Waals surface area (Å²) in [6.45, 7) is 17.3. The minimum Gasteiger partial charge on any atom is -0.444 e. The number of fused-ring (bicyclic) bond motifs is 1. The highest BCUT2D eigenvalue weighted by Gasteiger charge is 2.43. The van der Waals surface area contributed by atoms with Crippen molar-refractivity contribution in [3.8, 4) is 11.3 Å². The third-order valence-electron chi connectivity index (χ3n) is 8.48. The zero-order valence-corrected chi connectivity index (χ0v) is 26.4. The Morgan fingerprint density at radius 1 is 1.19 bits per heavy atom. The molecule has 9 nitrogen and oxygen atoms in total. The van der Waals surface area contributed by atoms with Crippen molar-refractivity contribution in [1.29, 1.82) is 0 Å². The molecule has 3 aliphatic heterocycles. The number of aliphatic imine (C=N–C) groups is 1. The van der Waals surface area contributed by atoms with Gasteiger partial charge in [-0.25, -0.2) is 14.2 Å². The van der Waals surface area contributed by atoms with Crippen LogP contribution >= 0.6 is 11.6 Å². The first-order valence-electron chi connectivity index (χ1n) is 14.9. The summed E-state index contributed by atoms with van der Waals surface area (Å²) in [5, 5.41) is 1.32. The largest absolute Gasteiger partial charge is 0.444 e. The number of anilines is 1. The Morgan fingerprint density at radius 3 is 2.63 bits per heavy atom. The SMILES string of the molecule is C=Cc1ccccc1-c1c(Cl)cc2c(N3CCN(C(=O)OC(C)(C)C)C[C@@H]3C)nc(=O)n3c2[n+]1C(C)C1=C3C(C)CC=N1. The minimum absolute atomic E-state index is 0.0909. The van der Waals surface area contributed by atoms with Gasteiger partial charge in [0, 0.05) is 43.4 Å². The number of halogens is 1. The fourth-order valence-corrected chi connectivity index (χ4v) is 6.84. The lowest BCUT2D eigenvalue weighted by molar-refractivity contribution is -0.679. The van der Waals surface area contributed by atoms with E-state index in [2.05, 4.69) is 29.9 Å². The number of hydrogen-bond acceptors (Lipinski definition) is 6. The lowest BCUT2D eigenvalue weighted by Crippen LogP contribution is -2.56. The predicted octanol–water partition coefficient (Wildman–Crippen LogP) is 5.95. The molecule has 3 aromatic rings. The maximum absolute atomic E-state index is 14.1. The third kappa shape index (κ3) is 4.83. The molecule has 0 N–H and O–H groups in total. The van der Waals surface area contributed by atoms with Gasteiger partial charge in [0.1, 0.15) is 28.4 Å². The first-order chi connectivity index (χ1) is 20.4. The summed E-state index contributed by atoms with van der Waals surface area (Å²) < 4.78 is 9.51. The summed E-state index contributed by atoms with van der Waals surface area (Å²) in [6.07, 6.45) is 4.15. The zero-order valence-electron chi connectivity index (χ0n) is 25.6. The smallest absolute Gasteiger partial charge is 0.441 e. The van der Waals surface area contributed by atoms with E-state index >= 15 is 0 Å². The average Bonchev–Trinajstić information content (AvgIpc) is 2.95. The molecule has 0 bridgehead atoms. The highest BCUT2D eigenvalue weighted by molar-refractivity contribution is 6.33. The zero-order chi connectivity index (χ0) is 30.8. The van der Waals surface area contributed by atoms with Crippen molar-refractivity contribution in [3.63, 3.8) is 0 Å². The van der Waals surface area contributed by atoms with Gasteiger partial charge in [-0.2, -0.15) is 4.98 Å². The van der Waals surface area contributed by atoms with E-state index in [4.69, 9.17) is 26.3 Å². The summed E-state index contributed by atoms with van der Waals surface area (Å²) in [6, 6.07) is 9.60. The van der Waals surface area contributed by atoms with Gasteiger partial charge in [0.2, 0.25) is 0 Å². The molecule has 0 radical (unpaired) electrons. The lowest BCUT2D eigenvalue weighted by atomic mass is 9.94.